The molecule has 13 heteroatoms. The van der Waals surface area contributed by atoms with Crippen LogP contribution < -0.4 is 20.9 Å². The van der Waals surface area contributed by atoms with Crippen LogP contribution in [-0.2, 0) is 30.3 Å². The Hall–Kier alpha value is -4.59. The summed E-state index contributed by atoms with van der Waals surface area (Å²) < 4.78 is 22.2. The van der Waals surface area contributed by atoms with Gasteiger partial charge in [-0.3, -0.25) is 14.9 Å². The number of anilines is 2. The van der Waals surface area contributed by atoms with Gasteiger partial charge < -0.3 is 34.5 Å². The lowest BCUT2D eigenvalue weighted by molar-refractivity contribution is -0.143. The monoisotopic (exact) mass is 646 g/mol. The van der Waals surface area contributed by atoms with E-state index in [1.807, 2.05) is 49.9 Å². The summed E-state index contributed by atoms with van der Waals surface area (Å²) in [5, 5.41) is 8.57. The first-order valence-corrected chi connectivity index (χ1v) is 15.6. The number of hydrogen-bond acceptors (Lipinski definition) is 10. The van der Waals surface area contributed by atoms with Crippen molar-refractivity contribution in [3.63, 3.8) is 0 Å². The number of nitrogens with zero attached hydrogens (tertiary/aromatic N) is 3. The van der Waals surface area contributed by atoms with Crippen molar-refractivity contribution in [3.05, 3.63) is 71.7 Å². The summed E-state index contributed by atoms with van der Waals surface area (Å²) in [6, 6.07) is 15.8. The van der Waals surface area contributed by atoms with E-state index in [-0.39, 0.29) is 18.4 Å². The Morgan fingerprint density at radius 2 is 1.64 bits per heavy atom. The number of hydrogen-bond donors (Lipinski definition) is 3. The van der Waals surface area contributed by atoms with E-state index in [0.29, 0.717) is 67.9 Å². The van der Waals surface area contributed by atoms with Gasteiger partial charge in [-0.2, -0.15) is 0 Å². The Bertz CT molecular complexity index is 1570. The molecule has 13 nitrogen and oxygen atoms in total. The van der Waals surface area contributed by atoms with Crippen LogP contribution in [0.1, 0.15) is 49.1 Å². The molecule has 0 aliphatic carbocycles. The van der Waals surface area contributed by atoms with Crippen LogP contribution in [0.2, 0.25) is 0 Å². The Balaban J connectivity index is 1.21. The van der Waals surface area contributed by atoms with Gasteiger partial charge in [0.25, 0.3) is 5.91 Å². The van der Waals surface area contributed by atoms with E-state index in [0.717, 1.165) is 11.1 Å². The summed E-state index contributed by atoms with van der Waals surface area (Å²) in [5.41, 5.74) is 2.98. The predicted molar refractivity (Wildman–Crippen MR) is 175 cm³/mol. The van der Waals surface area contributed by atoms with Crippen LogP contribution in [0.25, 0.3) is 11.1 Å². The average Bonchev–Trinajstić information content (AvgIpc) is 3.66. The van der Waals surface area contributed by atoms with Crippen LogP contribution in [0.5, 0.6) is 0 Å². The van der Waals surface area contributed by atoms with Crippen molar-refractivity contribution >= 4 is 29.4 Å². The number of methoxy groups -OCH3 is 1. The zero-order valence-corrected chi connectivity index (χ0v) is 27.4. The summed E-state index contributed by atoms with van der Waals surface area (Å²) in [4.78, 5) is 49.3. The molecule has 250 valence electrons. The van der Waals surface area contributed by atoms with Gasteiger partial charge in [0.1, 0.15) is 23.3 Å². The molecule has 0 unspecified atom stereocenters. The van der Waals surface area contributed by atoms with Gasteiger partial charge in [-0.05, 0) is 63.1 Å². The maximum atomic E-state index is 13.2. The molecule has 3 amide bonds. The van der Waals surface area contributed by atoms with Crippen molar-refractivity contribution in [1.82, 2.24) is 20.6 Å². The Kier molecular flexibility index (Phi) is 10.4. The third-order valence-electron chi connectivity index (χ3n) is 7.63. The van der Waals surface area contributed by atoms with Crippen LogP contribution in [0, 0.1) is 6.92 Å². The van der Waals surface area contributed by atoms with Gasteiger partial charge in [0.2, 0.25) is 5.91 Å². The summed E-state index contributed by atoms with van der Waals surface area (Å²) in [7, 11) is 1.58. The molecule has 2 aromatic carbocycles. The van der Waals surface area contributed by atoms with Crippen molar-refractivity contribution in [2.75, 3.05) is 50.2 Å². The van der Waals surface area contributed by atoms with E-state index >= 15 is 0 Å². The summed E-state index contributed by atoms with van der Waals surface area (Å²) >= 11 is 0. The van der Waals surface area contributed by atoms with Crippen LogP contribution in [0.15, 0.2) is 54.6 Å². The Morgan fingerprint density at radius 1 is 0.979 bits per heavy atom. The molecule has 0 radical (unpaired) electrons. The van der Waals surface area contributed by atoms with E-state index in [4.69, 9.17) is 18.9 Å². The lowest BCUT2D eigenvalue weighted by Gasteiger charge is -2.25. The van der Waals surface area contributed by atoms with Gasteiger partial charge in [-0.25, -0.2) is 14.8 Å². The second kappa shape index (κ2) is 14.4. The molecule has 2 aliphatic rings. The molecule has 2 aliphatic heterocycles. The highest BCUT2D eigenvalue weighted by Crippen LogP contribution is 2.37. The fraction of sp³-hybridized carbons (Fsp3) is 0.441. The fourth-order valence-electron chi connectivity index (χ4n) is 5.52. The molecule has 3 N–H and O–H groups in total. The zero-order chi connectivity index (χ0) is 33.6. The maximum absolute atomic E-state index is 13.2. The second-order valence-corrected chi connectivity index (χ2v) is 12.5. The number of nitrogens with one attached hydrogen (secondary N) is 3. The SMILES string of the molecule is COCCNC(=O)[C@@H]1CC2(CN1c1cc(CNC(=O)c3ccc(-c4ccc(NC(=O)OC(C)(C)C)cc4)cc3)nc(C)n1)OCCO2. The Morgan fingerprint density at radius 3 is 2.28 bits per heavy atom. The van der Waals surface area contributed by atoms with Gasteiger partial charge >= 0.3 is 6.09 Å². The first kappa shape index (κ1) is 33.8. The van der Waals surface area contributed by atoms with Crippen molar-refractivity contribution in [3.8, 4) is 11.1 Å². The molecule has 1 atom stereocenters. The molecule has 1 aromatic heterocycles. The molecule has 0 bridgehead atoms. The molecule has 2 fully saturated rings. The normalized spacial score (nSPS) is 17.0. The number of rotatable bonds is 10. The zero-order valence-electron chi connectivity index (χ0n) is 27.4. The molecular formula is C34H42N6O7. The standard InChI is InChI=1S/C34H42N6O7/c1-22-37-27(18-29(38-22)40-21-34(45-16-17-46-34)19-28(40)31(42)35-14-15-44-5)20-36-30(41)25-8-6-23(7-9-25)24-10-12-26(13-11-24)39-32(43)47-33(2,3)4/h6-13,18,28H,14-17,19-21H2,1-5H3,(H,35,42)(H,36,41)(H,39,43)/t28-/m0/s1. The maximum Gasteiger partial charge on any atom is 0.412 e. The predicted octanol–water partition coefficient (Wildman–Crippen LogP) is 3.81. The summed E-state index contributed by atoms with van der Waals surface area (Å²) in [6.07, 6.45) is -0.152. The third-order valence-corrected chi connectivity index (χ3v) is 7.63. The van der Waals surface area contributed by atoms with Gasteiger partial charge in [-0.15, -0.1) is 0 Å². The topological polar surface area (TPSA) is 153 Å². The van der Waals surface area contributed by atoms with Crippen LogP contribution in [-0.4, -0.2) is 85.3 Å². The van der Waals surface area contributed by atoms with E-state index in [9.17, 15) is 14.4 Å². The quantitative estimate of drug-likeness (QED) is 0.277. The minimum absolute atomic E-state index is 0.166. The van der Waals surface area contributed by atoms with Gasteiger partial charge in [0.05, 0.1) is 38.6 Å². The van der Waals surface area contributed by atoms with Gasteiger partial charge in [-0.1, -0.05) is 24.3 Å². The number of ether oxygens (including phenoxy) is 4. The smallest absolute Gasteiger partial charge is 0.412 e. The van der Waals surface area contributed by atoms with E-state index < -0.39 is 23.5 Å². The molecule has 5 rings (SSSR count). The van der Waals surface area contributed by atoms with Gasteiger partial charge in [0.15, 0.2) is 5.79 Å². The highest BCUT2D eigenvalue weighted by molar-refractivity contribution is 5.94. The Labute approximate surface area is 274 Å². The average molecular weight is 647 g/mol. The van der Waals surface area contributed by atoms with Crippen LogP contribution >= 0.6 is 0 Å². The van der Waals surface area contributed by atoms with E-state index in [1.165, 1.54) is 0 Å². The first-order valence-electron chi connectivity index (χ1n) is 15.6. The minimum Gasteiger partial charge on any atom is -0.444 e. The lowest BCUT2D eigenvalue weighted by atomic mass is 10.0. The number of aromatic nitrogens is 2. The summed E-state index contributed by atoms with van der Waals surface area (Å²) in [5.74, 6) is -0.227. The largest absolute Gasteiger partial charge is 0.444 e. The van der Waals surface area contributed by atoms with Crippen LogP contribution in [0.3, 0.4) is 0 Å². The molecule has 2 saturated heterocycles. The van der Waals surface area contributed by atoms with Crippen molar-refractivity contribution < 1.29 is 33.3 Å². The van der Waals surface area contributed by atoms with Crippen LogP contribution in [0.4, 0.5) is 16.3 Å². The van der Waals surface area contributed by atoms with Crippen molar-refractivity contribution in [2.45, 2.75) is 58.1 Å². The number of amides is 3. The first-order chi connectivity index (χ1) is 22.4. The molecule has 3 heterocycles. The molecular weight excluding hydrogens is 604 g/mol. The number of aryl methyl sites for hydroxylation is 1. The highest BCUT2D eigenvalue weighted by atomic mass is 16.7. The van der Waals surface area contributed by atoms with E-state index in [2.05, 4.69) is 25.9 Å². The number of carbonyl (C=O) groups is 3. The van der Waals surface area contributed by atoms with E-state index in [1.54, 1.807) is 44.4 Å². The second-order valence-electron chi connectivity index (χ2n) is 12.5. The number of benzene rings is 2. The minimum atomic E-state index is -0.873. The van der Waals surface area contributed by atoms with Crippen molar-refractivity contribution in [1.29, 1.82) is 0 Å². The fourth-order valence-corrected chi connectivity index (χ4v) is 5.52. The lowest BCUT2D eigenvalue weighted by Crippen LogP contribution is -2.44. The van der Waals surface area contributed by atoms with Crippen molar-refractivity contribution in [2.24, 2.45) is 0 Å². The third kappa shape index (κ3) is 8.82. The molecule has 3 aromatic rings. The van der Waals surface area contributed by atoms with Gasteiger partial charge in [0, 0.05) is 37.4 Å². The summed E-state index contributed by atoms with van der Waals surface area (Å²) in [6.45, 7) is 9.42. The highest BCUT2D eigenvalue weighted by Gasteiger charge is 2.51. The molecule has 47 heavy (non-hydrogen) atoms. The number of carbonyl (C=O) groups excluding carboxylic acids is 3. The molecule has 0 saturated carbocycles. The molecule has 1 spiro atoms.